The number of hydrogen-bond acceptors (Lipinski definition) is 3. The zero-order chi connectivity index (χ0) is 14.1. The highest BCUT2D eigenvalue weighted by atomic mass is 35.5. The lowest BCUT2D eigenvalue weighted by atomic mass is 9.97. The summed E-state index contributed by atoms with van der Waals surface area (Å²) in [5.74, 6) is 1.35. The molecule has 3 rings (SSSR count). The van der Waals surface area contributed by atoms with E-state index in [0.29, 0.717) is 12.3 Å². The number of halogens is 1. The minimum atomic E-state index is 0.149. The molecular formula is C15H19ClN2OS. The van der Waals surface area contributed by atoms with Gasteiger partial charge in [0.15, 0.2) is 0 Å². The van der Waals surface area contributed by atoms with Crippen LogP contribution in [0.4, 0.5) is 0 Å². The Bertz CT molecular complexity index is 689. The molecule has 1 aliphatic rings. The first-order valence-corrected chi connectivity index (χ1v) is 8.71. The molecule has 0 radical (unpaired) electrons. The minimum Gasteiger partial charge on any atom is -0.296 e. The van der Waals surface area contributed by atoms with E-state index < -0.39 is 0 Å². The quantitative estimate of drug-likeness (QED) is 0.810. The number of fused-ring (bicyclic) bond motifs is 3. The second-order valence-electron chi connectivity index (χ2n) is 5.31. The van der Waals surface area contributed by atoms with Gasteiger partial charge in [0.2, 0.25) is 0 Å². The highest BCUT2D eigenvalue weighted by Crippen LogP contribution is 2.33. The van der Waals surface area contributed by atoms with Gasteiger partial charge in [0.25, 0.3) is 5.56 Å². The number of aryl methyl sites for hydroxylation is 3. The van der Waals surface area contributed by atoms with E-state index in [2.05, 4.69) is 6.92 Å². The van der Waals surface area contributed by atoms with Crippen LogP contribution in [0, 0.1) is 0 Å². The Morgan fingerprint density at radius 3 is 2.90 bits per heavy atom. The number of aromatic nitrogens is 2. The van der Waals surface area contributed by atoms with Crippen LogP contribution in [0.1, 0.15) is 42.5 Å². The number of nitrogens with zero attached hydrogens (tertiary/aromatic N) is 2. The van der Waals surface area contributed by atoms with Crippen molar-refractivity contribution in [2.45, 2.75) is 52.0 Å². The van der Waals surface area contributed by atoms with Gasteiger partial charge in [-0.15, -0.1) is 22.9 Å². The van der Waals surface area contributed by atoms with Gasteiger partial charge < -0.3 is 0 Å². The number of alkyl halides is 1. The summed E-state index contributed by atoms with van der Waals surface area (Å²) in [6.07, 6.45) is 6.17. The summed E-state index contributed by atoms with van der Waals surface area (Å²) in [4.78, 5) is 19.9. The fourth-order valence-electron chi connectivity index (χ4n) is 3.01. The third kappa shape index (κ3) is 2.29. The molecule has 2 heterocycles. The van der Waals surface area contributed by atoms with Gasteiger partial charge in [0, 0.05) is 23.7 Å². The Balaban J connectivity index is 2.26. The molecule has 0 aromatic carbocycles. The molecule has 20 heavy (non-hydrogen) atoms. The Morgan fingerprint density at radius 2 is 2.15 bits per heavy atom. The van der Waals surface area contributed by atoms with Crippen molar-refractivity contribution in [1.29, 1.82) is 0 Å². The van der Waals surface area contributed by atoms with Gasteiger partial charge in [0.05, 0.1) is 5.39 Å². The maximum Gasteiger partial charge on any atom is 0.262 e. The molecule has 0 saturated carbocycles. The zero-order valence-electron chi connectivity index (χ0n) is 11.7. The summed E-state index contributed by atoms with van der Waals surface area (Å²) in [5.41, 5.74) is 1.42. The summed E-state index contributed by atoms with van der Waals surface area (Å²) >= 11 is 7.57. The summed E-state index contributed by atoms with van der Waals surface area (Å²) in [5, 5.41) is 0.886. The lowest BCUT2D eigenvalue weighted by Crippen LogP contribution is -2.26. The lowest BCUT2D eigenvalue weighted by molar-refractivity contribution is 0.610. The molecule has 0 bridgehead atoms. The van der Waals surface area contributed by atoms with Crippen LogP contribution in [-0.4, -0.2) is 15.4 Å². The molecule has 3 nitrogen and oxygen atoms in total. The van der Waals surface area contributed by atoms with Crippen LogP contribution in [0.3, 0.4) is 0 Å². The summed E-state index contributed by atoms with van der Waals surface area (Å²) in [6, 6.07) is 0. The second-order valence-corrected chi connectivity index (χ2v) is 6.78. The zero-order valence-corrected chi connectivity index (χ0v) is 13.3. The average Bonchev–Trinajstić information content (AvgIpc) is 2.81. The Hall–Kier alpha value is -0.870. The fourth-order valence-corrected chi connectivity index (χ4v) is 4.45. The van der Waals surface area contributed by atoms with Crippen LogP contribution in [0.25, 0.3) is 10.2 Å². The van der Waals surface area contributed by atoms with E-state index in [9.17, 15) is 4.79 Å². The predicted molar refractivity (Wildman–Crippen MR) is 85.2 cm³/mol. The van der Waals surface area contributed by atoms with Crippen molar-refractivity contribution in [2.24, 2.45) is 0 Å². The Labute approximate surface area is 127 Å². The predicted octanol–water partition coefficient (Wildman–Crippen LogP) is 3.53. The molecule has 0 unspecified atom stereocenters. The van der Waals surface area contributed by atoms with Crippen LogP contribution in [0.15, 0.2) is 4.79 Å². The molecule has 5 heteroatoms. The van der Waals surface area contributed by atoms with Crippen molar-refractivity contribution in [2.75, 3.05) is 5.88 Å². The van der Waals surface area contributed by atoms with Crippen LogP contribution >= 0.6 is 22.9 Å². The first-order chi connectivity index (χ1) is 9.76. The molecule has 108 valence electrons. The molecule has 1 aliphatic carbocycles. The standard InChI is InChI=1S/C15H19ClN2OS/c1-2-9-18-12(7-8-16)17-14-13(15(18)19)10-5-3-4-6-11(10)20-14/h2-9H2,1H3. The monoisotopic (exact) mass is 310 g/mol. The molecule has 0 fully saturated rings. The van der Waals surface area contributed by atoms with Gasteiger partial charge in [0.1, 0.15) is 10.7 Å². The molecule has 0 spiro atoms. The molecule has 0 saturated heterocycles. The third-order valence-electron chi connectivity index (χ3n) is 3.92. The van der Waals surface area contributed by atoms with E-state index in [1.54, 1.807) is 11.3 Å². The van der Waals surface area contributed by atoms with Crippen molar-refractivity contribution < 1.29 is 0 Å². The molecule has 0 N–H and O–H groups in total. The molecule has 2 aromatic rings. The summed E-state index contributed by atoms with van der Waals surface area (Å²) in [7, 11) is 0. The first kappa shape index (κ1) is 14.1. The molecular weight excluding hydrogens is 292 g/mol. The van der Waals surface area contributed by atoms with Gasteiger partial charge in [-0.1, -0.05) is 6.92 Å². The topological polar surface area (TPSA) is 34.9 Å². The largest absolute Gasteiger partial charge is 0.296 e. The van der Waals surface area contributed by atoms with E-state index >= 15 is 0 Å². The van der Waals surface area contributed by atoms with Crippen molar-refractivity contribution >= 4 is 33.2 Å². The smallest absolute Gasteiger partial charge is 0.262 e. The summed E-state index contributed by atoms with van der Waals surface area (Å²) in [6.45, 7) is 2.82. The van der Waals surface area contributed by atoms with E-state index in [4.69, 9.17) is 16.6 Å². The van der Waals surface area contributed by atoms with Gasteiger partial charge >= 0.3 is 0 Å². The lowest BCUT2D eigenvalue weighted by Gasteiger charge is -2.12. The Morgan fingerprint density at radius 1 is 1.35 bits per heavy atom. The molecule has 2 aromatic heterocycles. The van der Waals surface area contributed by atoms with E-state index in [1.807, 2.05) is 4.57 Å². The molecule has 0 atom stereocenters. The van der Waals surface area contributed by atoms with Gasteiger partial charge in [-0.3, -0.25) is 9.36 Å². The van der Waals surface area contributed by atoms with Crippen LogP contribution < -0.4 is 5.56 Å². The van der Waals surface area contributed by atoms with Gasteiger partial charge in [-0.05, 0) is 37.7 Å². The fraction of sp³-hybridized carbons (Fsp3) is 0.600. The SMILES string of the molecule is CCCn1c(CCCl)nc2sc3c(c2c1=O)CCCC3. The van der Waals surface area contributed by atoms with Crippen molar-refractivity contribution in [1.82, 2.24) is 9.55 Å². The second kappa shape index (κ2) is 5.86. The van der Waals surface area contributed by atoms with Crippen molar-refractivity contribution in [3.05, 3.63) is 26.6 Å². The van der Waals surface area contributed by atoms with Crippen LogP contribution in [0.5, 0.6) is 0 Å². The highest BCUT2D eigenvalue weighted by Gasteiger charge is 2.21. The molecule has 0 aliphatic heterocycles. The molecule has 0 amide bonds. The van der Waals surface area contributed by atoms with Crippen LogP contribution in [0.2, 0.25) is 0 Å². The third-order valence-corrected chi connectivity index (χ3v) is 5.29. The maximum absolute atomic E-state index is 12.8. The van der Waals surface area contributed by atoms with Gasteiger partial charge in [-0.2, -0.15) is 0 Å². The van der Waals surface area contributed by atoms with Crippen molar-refractivity contribution in [3.8, 4) is 0 Å². The number of rotatable bonds is 4. The van der Waals surface area contributed by atoms with E-state index in [1.165, 1.54) is 23.3 Å². The van der Waals surface area contributed by atoms with Crippen LogP contribution in [-0.2, 0) is 25.8 Å². The summed E-state index contributed by atoms with van der Waals surface area (Å²) < 4.78 is 1.84. The van der Waals surface area contributed by atoms with Gasteiger partial charge in [-0.25, -0.2) is 4.98 Å². The highest BCUT2D eigenvalue weighted by molar-refractivity contribution is 7.18. The maximum atomic E-state index is 12.8. The minimum absolute atomic E-state index is 0.149. The average molecular weight is 311 g/mol. The number of thiophene rings is 1. The first-order valence-electron chi connectivity index (χ1n) is 7.36. The van der Waals surface area contributed by atoms with E-state index in [-0.39, 0.29) is 5.56 Å². The van der Waals surface area contributed by atoms with E-state index in [0.717, 1.165) is 41.8 Å². The Kier molecular flexibility index (Phi) is 4.13. The normalized spacial score (nSPS) is 14.7. The number of hydrogen-bond donors (Lipinski definition) is 0. The van der Waals surface area contributed by atoms with Crippen molar-refractivity contribution in [3.63, 3.8) is 0 Å².